The molecular formula is C37H49N5O4. The molecule has 1 aromatic carbocycles. The molecule has 0 N–H and O–H groups in total. The molecule has 0 radical (unpaired) electrons. The fourth-order valence-electron chi connectivity index (χ4n) is 11.1. The van der Waals surface area contributed by atoms with Crippen molar-refractivity contribution in [3.05, 3.63) is 51.3 Å². The van der Waals surface area contributed by atoms with Crippen molar-refractivity contribution in [2.75, 3.05) is 0 Å². The minimum absolute atomic E-state index is 0.0905. The lowest BCUT2D eigenvalue weighted by atomic mass is 9.43. The van der Waals surface area contributed by atoms with Gasteiger partial charge in [0.1, 0.15) is 6.10 Å². The first kappa shape index (κ1) is 32.4. The summed E-state index contributed by atoms with van der Waals surface area (Å²) >= 11 is 0. The number of benzene rings is 1. The number of aromatic nitrogens is 3. The van der Waals surface area contributed by atoms with E-state index in [2.05, 4.69) is 46.8 Å². The zero-order valence-corrected chi connectivity index (χ0v) is 28.3. The van der Waals surface area contributed by atoms with Crippen LogP contribution in [0, 0.1) is 63.1 Å². The minimum atomic E-state index is -1.48. The van der Waals surface area contributed by atoms with E-state index in [0.717, 1.165) is 30.3 Å². The number of fused-ring (bicyclic) bond motifs is 8. The molecule has 9 nitrogen and oxygen atoms in total. The lowest BCUT2D eigenvalue weighted by molar-refractivity contribution is -0.190. The number of nitrogens with zero attached hydrogens (tertiary/aromatic N) is 5. The number of hydrogen-bond donors (Lipinski definition) is 0. The van der Waals surface area contributed by atoms with Gasteiger partial charge in [0, 0.05) is 30.6 Å². The van der Waals surface area contributed by atoms with Gasteiger partial charge in [-0.25, -0.2) is 23.5 Å². The van der Waals surface area contributed by atoms with Crippen LogP contribution < -0.4 is 11.4 Å². The number of hydrogen-bond acceptors (Lipinski definition) is 6. The highest BCUT2D eigenvalue weighted by Crippen LogP contribution is 2.71. The summed E-state index contributed by atoms with van der Waals surface area (Å²) in [6.45, 7) is 12.6. The SMILES string of the molecule is CC(=O)O[C@H]1CC[C@]2(C)[C@@H]3CC[C@]4(C)[C@@H]([C@H](C)CCCC(C)C)CC[C@H]4[C@@]3(C#N)n3c(=O)n(-c4ccccc4)c(=O)n3[C@@]2(C#N)C1. The Morgan fingerprint density at radius 3 is 2.26 bits per heavy atom. The van der Waals surface area contributed by atoms with Crippen LogP contribution in [0.3, 0.4) is 0 Å². The third-order valence-corrected chi connectivity index (χ3v) is 13.2. The molecule has 246 valence electrons. The molecule has 3 fully saturated rings. The van der Waals surface area contributed by atoms with Crippen LogP contribution in [0.15, 0.2) is 39.9 Å². The standard InChI is InChI=1S/C37H49N5O4/c1-24(2)11-10-12-25(3)29-15-16-30-34(29,5)19-18-31-35(6)20-17-28(46-26(4)43)21-36(35,22-38)41-32(44)40(27-13-8-7-9-14-27)33(45)42(41)37(30,31)23-39/h7-9,13-14,24-25,28-31H,10-12,15-21H2,1-6H3/t25-,28+,29-,30-,31+,34-,35-,36-,37-/m1/s1. The van der Waals surface area contributed by atoms with Crippen molar-refractivity contribution < 1.29 is 9.53 Å². The Labute approximate surface area is 272 Å². The number of ether oxygens (including phenoxy) is 1. The summed E-state index contributed by atoms with van der Waals surface area (Å²) in [7, 11) is 0. The second-order valence-electron chi connectivity index (χ2n) is 15.8. The molecule has 3 aliphatic carbocycles. The highest BCUT2D eigenvalue weighted by Gasteiger charge is 2.75. The van der Waals surface area contributed by atoms with Crippen molar-refractivity contribution in [2.24, 2.45) is 40.4 Å². The molecule has 4 aliphatic rings. The molecule has 9 heteroatoms. The Morgan fingerprint density at radius 2 is 1.63 bits per heavy atom. The van der Waals surface area contributed by atoms with Crippen LogP contribution >= 0.6 is 0 Å². The molecule has 1 aromatic heterocycles. The van der Waals surface area contributed by atoms with Crippen molar-refractivity contribution >= 4 is 5.97 Å². The second-order valence-corrected chi connectivity index (χ2v) is 15.8. The lowest BCUT2D eigenvalue weighted by Crippen LogP contribution is -2.74. The van der Waals surface area contributed by atoms with Gasteiger partial charge in [-0.3, -0.25) is 4.79 Å². The van der Waals surface area contributed by atoms with Crippen LogP contribution in [0.4, 0.5) is 0 Å². The maximum Gasteiger partial charge on any atom is 0.353 e. The highest BCUT2D eigenvalue weighted by molar-refractivity contribution is 5.66. The summed E-state index contributed by atoms with van der Waals surface area (Å²) in [5.74, 6) is 0.607. The topological polar surface area (TPSA) is 123 Å². The van der Waals surface area contributed by atoms with Gasteiger partial charge >= 0.3 is 17.3 Å². The first-order valence-electron chi connectivity index (χ1n) is 17.4. The number of para-hydroxylation sites is 1. The van der Waals surface area contributed by atoms with Gasteiger partial charge in [-0.2, -0.15) is 10.5 Å². The first-order chi connectivity index (χ1) is 21.8. The van der Waals surface area contributed by atoms with Crippen LogP contribution in [-0.4, -0.2) is 26.0 Å². The molecule has 0 spiro atoms. The Morgan fingerprint density at radius 1 is 0.935 bits per heavy atom. The maximum atomic E-state index is 14.8. The average molecular weight is 628 g/mol. The molecule has 0 saturated heterocycles. The Bertz CT molecular complexity index is 1710. The van der Waals surface area contributed by atoms with Crippen LogP contribution in [0.2, 0.25) is 0 Å². The summed E-state index contributed by atoms with van der Waals surface area (Å²) in [4.78, 5) is 41.6. The Balaban J connectivity index is 1.59. The van der Waals surface area contributed by atoms with Gasteiger partial charge in [0.15, 0.2) is 11.1 Å². The number of nitriles is 2. The summed E-state index contributed by atoms with van der Waals surface area (Å²) in [5, 5.41) is 22.8. The van der Waals surface area contributed by atoms with Crippen LogP contribution in [-0.2, 0) is 20.6 Å². The lowest BCUT2D eigenvalue weighted by Gasteiger charge is -2.66. The smallest absolute Gasteiger partial charge is 0.353 e. The van der Waals surface area contributed by atoms with Crippen LogP contribution in [0.1, 0.15) is 106 Å². The molecule has 3 saturated carbocycles. The normalized spacial score (nSPS) is 36.8. The molecule has 0 amide bonds. The molecule has 1 aliphatic heterocycles. The number of esters is 1. The van der Waals surface area contributed by atoms with Crippen molar-refractivity contribution in [2.45, 2.75) is 123 Å². The first-order valence-corrected chi connectivity index (χ1v) is 17.4. The van der Waals surface area contributed by atoms with Crippen LogP contribution in [0.25, 0.3) is 5.69 Å². The predicted molar refractivity (Wildman–Crippen MR) is 174 cm³/mol. The number of rotatable bonds is 7. The van der Waals surface area contributed by atoms with Gasteiger partial charge in [-0.15, -0.1) is 0 Å². The zero-order valence-electron chi connectivity index (χ0n) is 28.3. The molecule has 2 aromatic rings. The van der Waals surface area contributed by atoms with E-state index in [1.807, 2.05) is 6.07 Å². The molecule has 0 bridgehead atoms. The van der Waals surface area contributed by atoms with Crippen LogP contribution in [0.5, 0.6) is 0 Å². The summed E-state index contributed by atoms with van der Waals surface area (Å²) in [6.07, 6.45) is 7.42. The van der Waals surface area contributed by atoms with E-state index in [4.69, 9.17) is 4.74 Å². The molecule has 0 unspecified atom stereocenters. The van der Waals surface area contributed by atoms with E-state index >= 15 is 0 Å². The van der Waals surface area contributed by atoms with E-state index < -0.39 is 39.9 Å². The minimum Gasteiger partial charge on any atom is -0.462 e. The molecule has 6 rings (SSSR count). The van der Waals surface area contributed by atoms with Gasteiger partial charge in [-0.05, 0) is 73.8 Å². The van der Waals surface area contributed by atoms with E-state index in [-0.39, 0.29) is 23.7 Å². The van der Waals surface area contributed by atoms with Gasteiger partial charge < -0.3 is 4.74 Å². The fraction of sp³-hybridized carbons (Fsp3) is 0.703. The molecule has 2 heterocycles. The largest absolute Gasteiger partial charge is 0.462 e. The van der Waals surface area contributed by atoms with Gasteiger partial charge in [0.2, 0.25) is 0 Å². The third-order valence-electron chi connectivity index (χ3n) is 13.2. The monoisotopic (exact) mass is 627 g/mol. The highest BCUT2D eigenvalue weighted by atomic mass is 16.5. The third kappa shape index (κ3) is 4.26. The van der Waals surface area contributed by atoms with Gasteiger partial charge in [0.05, 0.1) is 17.8 Å². The van der Waals surface area contributed by atoms with Crippen molar-refractivity contribution in [3.63, 3.8) is 0 Å². The predicted octanol–water partition coefficient (Wildman–Crippen LogP) is 6.28. The van der Waals surface area contributed by atoms with Crippen molar-refractivity contribution in [1.29, 1.82) is 10.5 Å². The quantitative estimate of drug-likeness (QED) is 0.333. The fourth-order valence-corrected chi connectivity index (χ4v) is 11.1. The molecule has 9 atom stereocenters. The van der Waals surface area contributed by atoms with Crippen molar-refractivity contribution in [3.8, 4) is 17.8 Å². The number of carbonyl (C=O) groups excluding carboxylic acids is 1. The molecular weight excluding hydrogens is 578 g/mol. The van der Waals surface area contributed by atoms with Crippen molar-refractivity contribution in [1.82, 2.24) is 13.9 Å². The summed E-state index contributed by atoms with van der Waals surface area (Å²) in [6, 6.07) is 14.1. The Kier molecular flexibility index (Phi) is 7.94. The van der Waals surface area contributed by atoms with Gasteiger partial charge in [0.25, 0.3) is 0 Å². The van der Waals surface area contributed by atoms with E-state index in [1.54, 1.807) is 24.3 Å². The molecule has 46 heavy (non-hydrogen) atoms. The maximum absolute atomic E-state index is 14.8. The zero-order chi connectivity index (χ0) is 33.2. The average Bonchev–Trinajstić information content (AvgIpc) is 3.51. The van der Waals surface area contributed by atoms with E-state index in [9.17, 15) is 24.9 Å². The summed E-state index contributed by atoms with van der Waals surface area (Å²) in [5.41, 5.74) is -4.59. The van der Waals surface area contributed by atoms with E-state index in [0.29, 0.717) is 42.7 Å². The van der Waals surface area contributed by atoms with E-state index in [1.165, 1.54) is 29.1 Å². The van der Waals surface area contributed by atoms with Gasteiger partial charge in [-0.1, -0.05) is 72.1 Å². The summed E-state index contributed by atoms with van der Waals surface area (Å²) < 4.78 is 9.64. The Hall–Kier alpha value is -3.59. The number of carbonyl (C=O) groups is 1. The second kappa shape index (κ2) is 11.3.